The Morgan fingerprint density at radius 1 is 0.960 bits per heavy atom. The number of allylic oxidation sites excluding steroid dienone is 1. The molecule has 1 aliphatic rings. The van der Waals surface area contributed by atoms with Crippen molar-refractivity contribution in [2.45, 2.75) is 6.18 Å². The van der Waals surface area contributed by atoms with Crippen LogP contribution in [0.15, 0.2) is 60.3 Å². The first-order valence-corrected chi connectivity index (χ1v) is 7.76. The van der Waals surface area contributed by atoms with E-state index >= 15 is 0 Å². The molecule has 1 heterocycles. The second kappa shape index (κ2) is 5.43. The third kappa shape index (κ3) is 2.43. The van der Waals surface area contributed by atoms with Crippen LogP contribution in [-0.2, 0) is 0 Å². The number of rotatable bonds is 1. The van der Waals surface area contributed by atoms with Gasteiger partial charge in [-0.25, -0.2) is 0 Å². The number of halogens is 4. The van der Waals surface area contributed by atoms with Crippen molar-refractivity contribution in [3.8, 4) is 0 Å². The maximum atomic E-state index is 13.7. The Balaban J connectivity index is 2.13. The molecule has 0 saturated heterocycles. The van der Waals surface area contributed by atoms with Gasteiger partial charge in [-0.05, 0) is 23.8 Å². The molecule has 0 radical (unpaired) electrons. The van der Waals surface area contributed by atoms with Gasteiger partial charge in [-0.15, -0.1) is 0 Å². The van der Waals surface area contributed by atoms with E-state index in [0.29, 0.717) is 21.5 Å². The number of aromatic nitrogens is 1. The first-order chi connectivity index (χ1) is 11.9. The summed E-state index contributed by atoms with van der Waals surface area (Å²) in [6, 6.07) is 12.8. The van der Waals surface area contributed by atoms with Crippen LogP contribution in [0, 0.1) is 0 Å². The lowest BCUT2D eigenvalue weighted by Gasteiger charge is -2.12. The van der Waals surface area contributed by atoms with Crippen LogP contribution in [0.5, 0.6) is 0 Å². The van der Waals surface area contributed by atoms with Gasteiger partial charge in [0.1, 0.15) is 5.57 Å². The molecule has 0 N–H and O–H groups in total. The molecule has 0 spiro atoms. The maximum absolute atomic E-state index is 13.7. The number of hydrogen-bond donors (Lipinski definition) is 0. The van der Waals surface area contributed by atoms with E-state index < -0.39 is 17.5 Å². The van der Waals surface area contributed by atoms with Gasteiger partial charge in [0.25, 0.3) is 0 Å². The zero-order valence-electron chi connectivity index (χ0n) is 12.6. The molecule has 3 aromatic rings. The van der Waals surface area contributed by atoms with E-state index in [-0.39, 0.29) is 16.7 Å². The fourth-order valence-electron chi connectivity index (χ4n) is 3.13. The summed E-state index contributed by atoms with van der Waals surface area (Å²) in [6.07, 6.45) is -3.55. The van der Waals surface area contributed by atoms with Crippen LogP contribution in [-0.4, -0.2) is 16.9 Å². The molecule has 2 nitrogen and oxygen atoms in total. The number of carbonyl (C=O) groups is 1. The first kappa shape index (κ1) is 15.8. The number of Topliss-reactive ketones (excluding diaryl/α,β-unsaturated/α-hetero) is 1. The van der Waals surface area contributed by atoms with Crippen LogP contribution < -0.4 is 0 Å². The summed E-state index contributed by atoms with van der Waals surface area (Å²) in [7, 11) is 0. The molecule has 0 saturated carbocycles. The third-order valence-corrected chi connectivity index (χ3v) is 4.42. The predicted octanol–water partition coefficient (Wildman–Crippen LogP) is 5.45. The Labute approximate surface area is 145 Å². The van der Waals surface area contributed by atoms with Gasteiger partial charge in [-0.2, -0.15) is 13.2 Å². The number of benzene rings is 2. The van der Waals surface area contributed by atoms with Crippen LogP contribution >= 0.6 is 11.6 Å². The molecule has 124 valence electrons. The monoisotopic (exact) mass is 359 g/mol. The molecule has 0 aliphatic heterocycles. The lowest BCUT2D eigenvalue weighted by Crippen LogP contribution is -2.18. The van der Waals surface area contributed by atoms with Crippen molar-refractivity contribution < 1.29 is 18.0 Å². The SMILES string of the molecule is O=C1C(C(F)(F)F)=C(c2ccc(Cl)cc2)c2c1cnc1ccccc21. The number of fused-ring (bicyclic) bond motifs is 3. The zero-order chi connectivity index (χ0) is 17.8. The fraction of sp³-hybridized carbons (Fsp3) is 0.0526. The number of ketones is 1. The molecule has 6 heteroatoms. The van der Waals surface area contributed by atoms with E-state index in [1.54, 1.807) is 24.3 Å². The van der Waals surface area contributed by atoms with Crippen LogP contribution in [0.25, 0.3) is 16.5 Å². The standard InChI is InChI=1S/C19H9ClF3NO/c20-11-7-5-10(6-8-11)15-16-12-3-1-2-4-14(12)24-9-13(16)18(25)17(15)19(21,22)23/h1-9H. The Hall–Kier alpha value is -2.66. The molecule has 0 fully saturated rings. The maximum Gasteiger partial charge on any atom is 0.420 e. The van der Waals surface area contributed by atoms with E-state index in [1.807, 2.05) is 0 Å². The van der Waals surface area contributed by atoms with Crippen molar-refractivity contribution in [2.24, 2.45) is 0 Å². The van der Waals surface area contributed by atoms with E-state index in [4.69, 9.17) is 11.6 Å². The van der Waals surface area contributed by atoms with Crippen molar-refractivity contribution >= 4 is 33.9 Å². The molecular formula is C19H9ClF3NO. The number of carbonyl (C=O) groups excluding carboxylic acids is 1. The minimum absolute atomic E-state index is 0.0315. The molecule has 4 rings (SSSR count). The summed E-state index contributed by atoms with van der Waals surface area (Å²) in [6.45, 7) is 0. The van der Waals surface area contributed by atoms with Crippen molar-refractivity contribution in [1.82, 2.24) is 4.98 Å². The summed E-state index contributed by atoms with van der Waals surface area (Å²) < 4.78 is 41.0. The molecule has 0 atom stereocenters. The second-order valence-electron chi connectivity index (χ2n) is 5.65. The van der Waals surface area contributed by atoms with Gasteiger partial charge >= 0.3 is 6.18 Å². The lowest BCUT2D eigenvalue weighted by atomic mass is 9.94. The molecule has 25 heavy (non-hydrogen) atoms. The highest BCUT2D eigenvalue weighted by molar-refractivity contribution is 6.31. The number of hydrogen-bond acceptors (Lipinski definition) is 2. The topological polar surface area (TPSA) is 30.0 Å². The summed E-state index contributed by atoms with van der Waals surface area (Å²) in [5.41, 5.74) is -0.226. The van der Waals surface area contributed by atoms with Crippen molar-refractivity contribution in [2.75, 3.05) is 0 Å². The second-order valence-corrected chi connectivity index (χ2v) is 6.08. The van der Waals surface area contributed by atoms with Gasteiger partial charge in [0, 0.05) is 33.3 Å². The average Bonchev–Trinajstić information content (AvgIpc) is 2.89. The van der Waals surface area contributed by atoms with E-state index in [9.17, 15) is 18.0 Å². The Morgan fingerprint density at radius 3 is 2.32 bits per heavy atom. The van der Waals surface area contributed by atoms with Gasteiger partial charge in [-0.3, -0.25) is 9.78 Å². The molecular weight excluding hydrogens is 351 g/mol. The lowest BCUT2D eigenvalue weighted by molar-refractivity contribution is -0.0878. The van der Waals surface area contributed by atoms with Gasteiger partial charge in [0.15, 0.2) is 0 Å². The predicted molar refractivity (Wildman–Crippen MR) is 89.6 cm³/mol. The molecule has 0 bridgehead atoms. The molecule has 2 aromatic carbocycles. The quantitative estimate of drug-likeness (QED) is 0.578. The highest BCUT2D eigenvalue weighted by Crippen LogP contribution is 2.46. The largest absolute Gasteiger partial charge is 0.420 e. The van der Waals surface area contributed by atoms with Crippen LogP contribution in [0.3, 0.4) is 0 Å². The van der Waals surface area contributed by atoms with Gasteiger partial charge in [0.05, 0.1) is 5.52 Å². The van der Waals surface area contributed by atoms with Gasteiger partial charge in [-0.1, -0.05) is 41.9 Å². The third-order valence-electron chi connectivity index (χ3n) is 4.16. The highest BCUT2D eigenvalue weighted by atomic mass is 35.5. The minimum atomic E-state index is -4.77. The van der Waals surface area contributed by atoms with Crippen molar-refractivity contribution in [3.05, 3.63) is 82.0 Å². The highest BCUT2D eigenvalue weighted by Gasteiger charge is 2.47. The average molecular weight is 360 g/mol. The number of nitrogens with zero attached hydrogens (tertiary/aromatic N) is 1. The first-order valence-electron chi connectivity index (χ1n) is 7.38. The summed E-state index contributed by atoms with van der Waals surface area (Å²) in [5.74, 6) is -1.05. The number of para-hydroxylation sites is 1. The van der Waals surface area contributed by atoms with E-state index in [2.05, 4.69) is 4.98 Å². The normalized spacial score (nSPS) is 14.3. The van der Waals surface area contributed by atoms with Crippen LogP contribution in [0.1, 0.15) is 21.5 Å². The van der Waals surface area contributed by atoms with Gasteiger partial charge < -0.3 is 0 Å². The summed E-state index contributed by atoms with van der Waals surface area (Å²) >= 11 is 5.85. The molecule has 0 unspecified atom stereocenters. The summed E-state index contributed by atoms with van der Waals surface area (Å²) in [4.78, 5) is 16.6. The molecule has 0 amide bonds. The van der Waals surface area contributed by atoms with Gasteiger partial charge in [0.2, 0.25) is 5.78 Å². The van der Waals surface area contributed by atoms with Crippen molar-refractivity contribution in [1.29, 1.82) is 0 Å². The van der Waals surface area contributed by atoms with E-state index in [1.165, 1.54) is 30.5 Å². The van der Waals surface area contributed by atoms with E-state index in [0.717, 1.165) is 0 Å². The van der Waals surface area contributed by atoms with Crippen LogP contribution in [0.4, 0.5) is 13.2 Å². The Bertz CT molecular complexity index is 1050. The fourth-order valence-corrected chi connectivity index (χ4v) is 3.26. The molecule has 1 aromatic heterocycles. The van der Waals surface area contributed by atoms with Crippen molar-refractivity contribution in [3.63, 3.8) is 0 Å². The molecule has 1 aliphatic carbocycles. The van der Waals surface area contributed by atoms with Crippen LogP contribution in [0.2, 0.25) is 5.02 Å². The minimum Gasteiger partial charge on any atom is -0.289 e. The smallest absolute Gasteiger partial charge is 0.289 e. The Morgan fingerprint density at radius 2 is 1.64 bits per heavy atom. The zero-order valence-corrected chi connectivity index (χ0v) is 13.3. The number of pyridine rings is 1. The Kier molecular flexibility index (Phi) is 3.44. The summed E-state index contributed by atoms with van der Waals surface area (Å²) in [5, 5.41) is 0.916. The number of alkyl halides is 3.